The Labute approximate surface area is 126 Å². The number of imidazole rings is 1. The van der Waals surface area contributed by atoms with Crippen molar-refractivity contribution < 1.29 is 9.90 Å². The Morgan fingerprint density at radius 2 is 1.82 bits per heavy atom. The Kier molecular flexibility index (Phi) is 2.72. The number of carboxylic acids is 1. The zero-order valence-electron chi connectivity index (χ0n) is 11.6. The summed E-state index contributed by atoms with van der Waals surface area (Å²) in [6.07, 6.45) is 1.72. The Hall–Kier alpha value is -3.08. The summed E-state index contributed by atoms with van der Waals surface area (Å²) in [6.45, 7) is 0. The van der Waals surface area contributed by atoms with Crippen LogP contribution in [0.1, 0.15) is 11.6 Å². The lowest BCUT2D eigenvalue weighted by Crippen LogP contribution is -2.23. The Morgan fingerprint density at radius 1 is 1.09 bits per heavy atom. The molecule has 2 N–H and O–H groups in total. The quantitative estimate of drug-likeness (QED) is 0.761. The number of allylic oxidation sites excluding steroid dienone is 1. The first kappa shape index (κ1) is 12.6. The lowest BCUT2D eigenvalue weighted by Gasteiger charge is -2.24. The predicted molar refractivity (Wildman–Crippen MR) is 83.7 cm³/mol. The minimum absolute atomic E-state index is 0.150. The molecular formula is C17H13N3O2. The fourth-order valence-corrected chi connectivity index (χ4v) is 2.83. The molecule has 0 aliphatic carbocycles. The third kappa shape index (κ3) is 1.87. The molecule has 0 fully saturated rings. The van der Waals surface area contributed by atoms with Gasteiger partial charge in [0.2, 0.25) is 5.95 Å². The van der Waals surface area contributed by atoms with Gasteiger partial charge in [-0.25, -0.2) is 9.78 Å². The third-order valence-corrected chi connectivity index (χ3v) is 3.82. The molecule has 0 radical (unpaired) electrons. The SMILES string of the molecule is O=C(O)C1=C[C@@H](c2ccccc2)n2c(nc3ccccc32)N1. The molecule has 2 heterocycles. The van der Waals surface area contributed by atoms with Crippen molar-refractivity contribution in [3.8, 4) is 0 Å². The summed E-state index contributed by atoms with van der Waals surface area (Å²) in [5.41, 5.74) is 2.98. The molecule has 0 amide bonds. The number of para-hydroxylation sites is 2. The molecule has 0 bridgehead atoms. The number of fused-ring (bicyclic) bond motifs is 3. The standard InChI is InChI=1S/C17H13N3O2/c21-16(22)13-10-15(11-6-2-1-3-7-11)20-14-9-5-4-8-12(14)18-17(20)19-13/h1-10,15H,(H,18,19)(H,21,22)/t15-/m0/s1. The number of anilines is 1. The highest BCUT2D eigenvalue weighted by Gasteiger charge is 2.26. The van der Waals surface area contributed by atoms with E-state index in [1.54, 1.807) is 6.08 Å². The molecular weight excluding hydrogens is 278 g/mol. The first-order valence-corrected chi connectivity index (χ1v) is 6.98. The second kappa shape index (κ2) is 4.73. The molecule has 22 heavy (non-hydrogen) atoms. The van der Waals surface area contributed by atoms with E-state index in [2.05, 4.69) is 10.3 Å². The molecule has 4 rings (SSSR count). The number of carbonyl (C=O) groups is 1. The molecule has 3 aromatic rings. The van der Waals surface area contributed by atoms with Gasteiger partial charge in [-0.3, -0.25) is 4.57 Å². The molecule has 0 spiro atoms. The van der Waals surface area contributed by atoms with Gasteiger partial charge in [0.05, 0.1) is 17.1 Å². The van der Waals surface area contributed by atoms with Crippen molar-refractivity contribution in [1.29, 1.82) is 0 Å². The van der Waals surface area contributed by atoms with Gasteiger partial charge in [-0.05, 0) is 23.8 Å². The number of aliphatic carboxylic acids is 1. The van der Waals surface area contributed by atoms with Crippen molar-refractivity contribution in [2.75, 3.05) is 5.32 Å². The lowest BCUT2D eigenvalue weighted by atomic mass is 10.0. The predicted octanol–water partition coefficient (Wildman–Crippen LogP) is 3.02. The zero-order valence-corrected chi connectivity index (χ0v) is 11.6. The lowest BCUT2D eigenvalue weighted by molar-refractivity contribution is -0.132. The topological polar surface area (TPSA) is 67.1 Å². The van der Waals surface area contributed by atoms with Crippen LogP contribution in [0.2, 0.25) is 0 Å². The number of nitrogens with one attached hydrogen (secondary N) is 1. The molecule has 0 saturated heterocycles. The summed E-state index contributed by atoms with van der Waals surface area (Å²) in [5.74, 6) is -0.436. The number of hydrogen-bond acceptors (Lipinski definition) is 3. The number of carboxylic acid groups (broad SMARTS) is 1. The van der Waals surface area contributed by atoms with Gasteiger partial charge in [-0.15, -0.1) is 0 Å². The minimum Gasteiger partial charge on any atom is -0.477 e. The Morgan fingerprint density at radius 3 is 2.59 bits per heavy atom. The van der Waals surface area contributed by atoms with E-state index >= 15 is 0 Å². The molecule has 1 aromatic heterocycles. The number of rotatable bonds is 2. The summed E-state index contributed by atoms with van der Waals surface area (Å²) in [6, 6.07) is 17.4. The minimum atomic E-state index is -0.987. The fraction of sp³-hybridized carbons (Fsp3) is 0.0588. The third-order valence-electron chi connectivity index (χ3n) is 3.82. The maximum absolute atomic E-state index is 11.4. The Bertz CT molecular complexity index is 897. The first-order chi connectivity index (χ1) is 10.7. The summed E-state index contributed by atoms with van der Waals surface area (Å²) in [5, 5.41) is 12.2. The van der Waals surface area contributed by atoms with Gasteiger partial charge < -0.3 is 10.4 Å². The fourth-order valence-electron chi connectivity index (χ4n) is 2.83. The van der Waals surface area contributed by atoms with Crippen LogP contribution in [0.5, 0.6) is 0 Å². The maximum atomic E-state index is 11.4. The van der Waals surface area contributed by atoms with Gasteiger partial charge in [0.1, 0.15) is 5.70 Å². The molecule has 2 aromatic carbocycles. The molecule has 108 valence electrons. The number of hydrogen-bond donors (Lipinski definition) is 2. The van der Waals surface area contributed by atoms with Gasteiger partial charge in [0.25, 0.3) is 0 Å². The first-order valence-electron chi connectivity index (χ1n) is 6.98. The summed E-state index contributed by atoms with van der Waals surface area (Å²) in [4.78, 5) is 15.9. The number of aromatic nitrogens is 2. The van der Waals surface area contributed by atoms with Crippen molar-refractivity contribution in [3.05, 3.63) is 71.9 Å². The molecule has 5 heteroatoms. The van der Waals surface area contributed by atoms with Crippen LogP contribution in [0.15, 0.2) is 66.4 Å². The summed E-state index contributed by atoms with van der Waals surface area (Å²) < 4.78 is 2.02. The van der Waals surface area contributed by atoms with Crippen LogP contribution < -0.4 is 5.32 Å². The van der Waals surface area contributed by atoms with E-state index in [-0.39, 0.29) is 11.7 Å². The van der Waals surface area contributed by atoms with Gasteiger partial charge in [-0.1, -0.05) is 42.5 Å². The monoisotopic (exact) mass is 291 g/mol. The van der Waals surface area contributed by atoms with Crippen molar-refractivity contribution in [3.63, 3.8) is 0 Å². The van der Waals surface area contributed by atoms with Gasteiger partial charge in [0, 0.05) is 0 Å². The van der Waals surface area contributed by atoms with Crippen molar-refractivity contribution in [2.45, 2.75) is 6.04 Å². The normalized spacial score (nSPS) is 16.7. The van der Waals surface area contributed by atoms with Crippen LogP contribution in [-0.4, -0.2) is 20.6 Å². The summed E-state index contributed by atoms with van der Waals surface area (Å²) in [7, 11) is 0. The molecule has 5 nitrogen and oxygen atoms in total. The van der Waals surface area contributed by atoms with Crippen molar-refractivity contribution in [2.24, 2.45) is 0 Å². The van der Waals surface area contributed by atoms with E-state index in [0.29, 0.717) is 5.95 Å². The van der Waals surface area contributed by atoms with Crippen LogP contribution >= 0.6 is 0 Å². The second-order valence-electron chi connectivity index (χ2n) is 5.16. The van der Waals surface area contributed by atoms with Crippen LogP contribution in [0.3, 0.4) is 0 Å². The molecule has 1 aliphatic heterocycles. The molecule has 0 unspecified atom stereocenters. The van der Waals surface area contributed by atoms with E-state index in [9.17, 15) is 9.90 Å². The van der Waals surface area contributed by atoms with Crippen LogP contribution in [0, 0.1) is 0 Å². The van der Waals surface area contributed by atoms with Crippen LogP contribution in [0.4, 0.5) is 5.95 Å². The van der Waals surface area contributed by atoms with E-state index in [1.807, 2.05) is 59.2 Å². The van der Waals surface area contributed by atoms with Crippen LogP contribution in [-0.2, 0) is 4.79 Å². The van der Waals surface area contributed by atoms with E-state index in [0.717, 1.165) is 16.6 Å². The van der Waals surface area contributed by atoms with Crippen molar-refractivity contribution >= 4 is 23.0 Å². The van der Waals surface area contributed by atoms with E-state index < -0.39 is 5.97 Å². The highest BCUT2D eigenvalue weighted by Crippen LogP contribution is 2.34. The molecule has 1 aliphatic rings. The van der Waals surface area contributed by atoms with Crippen LogP contribution in [0.25, 0.3) is 11.0 Å². The molecule has 1 atom stereocenters. The number of nitrogens with zero attached hydrogens (tertiary/aromatic N) is 2. The average Bonchev–Trinajstić information content (AvgIpc) is 2.93. The maximum Gasteiger partial charge on any atom is 0.352 e. The van der Waals surface area contributed by atoms with Gasteiger partial charge >= 0.3 is 5.97 Å². The summed E-state index contributed by atoms with van der Waals surface area (Å²) >= 11 is 0. The zero-order chi connectivity index (χ0) is 15.1. The largest absolute Gasteiger partial charge is 0.477 e. The number of benzene rings is 2. The molecule has 0 saturated carbocycles. The second-order valence-corrected chi connectivity index (χ2v) is 5.16. The van der Waals surface area contributed by atoms with E-state index in [4.69, 9.17) is 0 Å². The van der Waals surface area contributed by atoms with E-state index in [1.165, 1.54) is 0 Å². The average molecular weight is 291 g/mol. The Balaban J connectivity index is 1.98. The van der Waals surface area contributed by atoms with Gasteiger partial charge in [-0.2, -0.15) is 0 Å². The highest BCUT2D eigenvalue weighted by molar-refractivity contribution is 5.92. The highest BCUT2D eigenvalue weighted by atomic mass is 16.4. The van der Waals surface area contributed by atoms with Gasteiger partial charge in [0.15, 0.2) is 0 Å². The van der Waals surface area contributed by atoms with Crippen molar-refractivity contribution in [1.82, 2.24) is 9.55 Å². The smallest absolute Gasteiger partial charge is 0.352 e.